The van der Waals surface area contributed by atoms with Crippen LogP contribution in [0.25, 0.3) is 0 Å². The highest BCUT2D eigenvalue weighted by Crippen LogP contribution is 2.26. The van der Waals surface area contributed by atoms with Crippen LogP contribution in [-0.4, -0.2) is 22.8 Å². The van der Waals surface area contributed by atoms with Gasteiger partial charge in [0.1, 0.15) is 5.78 Å². The Bertz CT molecular complexity index is 387. The number of hydrogen-bond acceptors (Lipinski definition) is 2. The van der Waals surface area contributed by atoms with Gasteiger partial charge in [0.25, 0.3) is 0 Å². The van der Waals surface area contributed by atoms with Gasteiger partial charge in [-0.25, -0.2) is 0 Å². The standard InChI is InChI=1S/C15H21NO/c1-11-9-15(17)12(2)13(3)16(11)10-14-7-5-4-6-8-14/h4-8,11-13H,9-10H2,1-3H3/t11-,12-,13+/m1/s1. The quantitative estimate of drug-likeness (QED) is 0.780. The van der Waals surface area contributed by atoms with Crippen molar-refractivity contribution in [2.24, 2.45) is 5.92 Å². The third kappa shape index (κ3) is 2.58. The maximum Gasteiger partial charge on any atom is 0.138 e. The van der Waals surface area contributed by atoms with Crippen molar-refractivity contribution in [3.63, 3.8) is 0 Å². The largest absolute Gasteiger partial charge is 0.299 e. The predicted molar refractivity (Wildman–Crippen MR) is 69.7 cm³/mol. The van der Waals surface area contributed by atoms with Gasteiger partial charge in [-0.2, -0.15) is 0 Å². The van der Waals surface area contributed by atoms with Gasteiger partial charge < -0.3 is 0 Å². The zero-order chi connectivity index (χ0) is 12.4. The first-order valence-corrected chi connectivity index (χ1v) is 6.42. The minimum absolute atomic E-state index is 0.162. The van der Waals surface area contributed by atoms with E-state index < -0.39 is 0 Å². The Morgan fingerprint density at radius 1 is 1.18 bits per heavy atom. The molecule has 2 heteroatoms. The summed E-state index contributed by atoms with van der Waals surface area (Å²) < 4.78 is 0. The number of carbonyl (C=O) groups is 1. The Kier molecular flexibility index (Phi) is 3.63. The second-order valence-corrected chi connectivity index (χ2v) is 5.21. The van der Waals surface area contributed by atoms with Gasteiger partial charge >= 0.3 is 0 Å². The number of Topliss-reactive ketones (excluding diaryl/α,β-unsaturated/α-hetero) is 1. The molecule has 17 heavy (non-hydrogen) atoms. The van der Waals surface area contributed by atoms with E-state index in [4.69, 9.17) is 0 Å². The third-order valence-electron chi connectivity index (χ3n) is 4.03. The maximum absolute atomic E-state index is 11.8. The van der Waals surface area contributed by atoms with E-state index in [0.717, 1.165) is 6.54 Å². The van der Waals surface area contributed by atoms with Crippen LogP contribution in [0.3, 0.4) is 0 Å². The summed E-state index contributed by atoms with van der Waals surface area (Å²) in [4.78, 5) is 14.2. The number of rotatable bonds is 2. The molecule has 0 N–H and O–H groups in total. The topological polar surface area (TPSA) is 20.3 Å². The van der Waals surface area contributed by atoms with Crippen LogP contribution >= 0.6 is 0 Å². The highest BCUT2D eigenvalue weighted by molar-refractivity contribution is 5.82. The Morgan fingerprint density at radius 2 is 1.82 bits per heavy atom. The van der Waals surface area contributed by atoms with Crippen LogP contribution in [0.4, 0.5) is 0 Å². The first-order valence-electron chi connectivity index (χ1n) is 6.42. The number of carbonyl (C=O) groups excluding carboxylic acids is 1. The summed E-state index contributed by atoms with van der Waals surface area (Å²) in [6.45, 7) is 7.32. The molecule has 0 saturated carbocycles. The molecule has 0 bridgehead atoms. The van der Waals surface area contributed by atoms with Gasteiger partial charge in [-0.1, -0.05) is 37.3 Å². The van der Waals surface area contributed by atoms with Crippen molar-refractivity contribution in [2.75, 3.05) is 0 Å². The van der Waals surface area contributed by atoms with Crippen molar-refractivity contribution >= 4 is 5.78 Å². The zero-order valence-corrected chi connectivity index (χ0v) is 10.9. The van der Waals surface area contributed by atoms with E-state index in [0.29, 0.717) is 24.3 Å². The molecule has 0 aliphatic carbocycles. The van der Waals surface area contributed by atoms with E-state index in [2.05, 4.69) is 49.9 Å². The molecule has 0 amide bonds. The Balaban J connectivity index is 2.12. The Labute approximate surface area is 104 Å². The SMILES string of the molecule is C[C@@H]1CC(=O)[C@H](C)[C@H](C)N1Cc1ccccc1. The van der Waals surface area contributed by atoms with E-state index in [9.17, 15) is 4.79 Å². The minimum Gasteiger partial charge on any atom is -0.299 e. The molecule has 1 aliphatic rings. The van der Waals surface area contributed by atoms with Crippen LogP contribution in [0.15, 0.2) is 30.3 Å². The normalized spacial score (nSPS) is 30.5. The predicted octanol–water partition coefficient (Wildman–Crippen LogP) is 2.87. The number of piperidine rings is 1. The molecule has 1 heterocycles. The summed E-state index contributed by atoms with van der Waals surface area (Å²) in [5.74, 6) is 0.573. The third-order valence-corrected chi connectivity index (χ3v) is 4.03. The molecule has 2 rings (SSSR count). The number of hydrogen-bond donors (Lipinski definition) is 0. The van der Waals surface area contributed by atoms with Crippen LogP contribution in [-0.2, 0) is 11.3 Å². The molecule has 1 fully saturated rings. The van der Waals surface area contributed by atoms with Gasteiger partial charge in [0.05, 0.1) is 0 Å². The highest BCUT2D eigenvalue weighted by Gasteiger charge is 2.35. The van der Waals surface area contributed by atoms with Crippen molar-refractivity contribution < 1.29 is 4.79 Å². The van der Waals surface area contributed by atoms with Crippen molar-refractivity contribution in [3.05, 3.63) is 35.9 Å². The molecule has 0 spiro atoms. The van der Waals surface area contributed by atoms with Crippen LogP contribution in [0, 0.1) is 5.92 Å². The number of ketones is 1. The molecule has 3 atom stereocenters. The minimum atomic E-state index is 0.162. The van der Waals surface area contributed by atoms with Crippen LogP contribution in [0.2, 0.25) is 0 Å². The van der Waals surface area contributed by atoms with Gasteiger partial charge in [0, 0.05) is 31.0 Å². The second-order valence-electron chi connectivity index (χ2n) is 5.21. The lowest BCUT2D eigenvalue weighted by molar-refractivity contribution is -0.130. The summed E-state index contributed by atoms with van der Waals surface area (Å²) >= 11 is 0. The molecule has 1 aromatic rings. The average molecular weight is 231 g/mol. The number of likely N-dealkylation sites (tertiary alicyclic amines) is 1. The smallest absolute Gasteiger partial charge is 0.138 e. The second kappa shape index (κ2) is 5.01. The molecule has 0 radical (unpaired) electrons. The molecule has 0 unspecified atom stereocenters. The average Bonchev–Trinajstić information content (AvgIpc) is 2.33. The van der Waals surface area contributed by atoms with Gasteiger partial charge in [-0.15, -0.1) is 0 Å². The molecule has 1 saturated heterocycles. The van der Waals surface area contributed by atoms with Gasteiger partial charge in [0.2, 0.25) is 0 Å². The first kappa shape index (κ1) is 12.3. The van der Waals surface area contributed by atoms with E-state index in [-0.39, 0.29) is 5.92 Å². The lowest BCUT2D eigenvalue weighted by Crippen LogP contribution is -2.51. The summed E-state index contributed by atoms with van der Waals surface area (Å²) in [6, 6.07) is 11.2. The maximum atomic E-state index is 11.8. The summed E-state index contributed by atoms with van der Waals surface area (Å²) in [5.41, 5.74) is 1.33. The Hall–Kier alpha value is -1.15. The summed E-state index contributed by atoms with van der Waals surface area (Å²) in [6.07, 6.45) is 0.693. The summed E-state index contributed by atoms with van der Waals surface area (Å²) in [5, 5.41) is 0. The molecule has 2 nitrogen and oxygen atoms in total. The van der Waals surface area contributed by atoms with E-state index >= 15 is 0 Å². The molecular weight excluding hydrogens is 210 g/mol. The van der Waals surface area contributed by atoms with Crippen LogP contribution in [0.5, 0.6) is 0 Å². The van der Waals surface area contributed by atoms with Gasteiger partial charge in [0.15, 0.2) is 0 Å². The fourth-order valence-electron chi connectivity index (χ4n) is 2.65. The lowest BCUT2D eigenvalue weighted by atomic mass is 9.86. The first-order chi connectivity index (χ1) is 8.09. The molecule has 92 valence electrons. The monoisotopic (exact) mass is 231 g/mol. The van der Waals surface area contributed by atoms with Gasteiger partial charge in [-0.05, 0) is 19.4 Å². The van der Waals surface area contributed by atoms with Crippen LogP contribution in [0.1, 0.15) is 32.8 Å². The molecular formula is C15H21NO. The molecule has 1 aromatic carbocycles. The van der Waals surface area contributed by atoms with E-state index in [1.807, 2.05) is 6.07 Å². The van der Waals surface area contributed by atoms with E-state index in [1.165, 1.54) is 5.56 Å². The van der Waals surface area contributed by atoms with E-state index in [1.54, 1.807) is 0 Å². The Morgan fingerprint density at radius 3 is 2.47 bits per heavy atom. The van der Waals surface area contributed by atoms with Gasteiger partial charge in [-0.3, -0.25) is 9.69 Å². The fourth-order valence-corrected chi connectivity index (χ4v) is 2.65. The number of benzene rings is 1. The van der Waals surface area contributed by atoms with Crippen molar-refractivity contribution in [1.82, 2.24) is 4.90 Å². The van der Waals surface area contributed by atoms with Crippen molar-refractivity contribution in [3.8, 4) is 0 Å². The zero-order valence-electron chi connectivity index (χ0n) is 10.9. The fraction of sp³-hybridized carbons (Fsp3) is 0.533. The summed E-state index contributed by atoms with van der Waals surface area (Å²) in [7, 11) is 0. The highest BCUT2D eigenvalue weighted by atomic mass is 16.1. The molecule has 0 aromatic heterocycles. The lowest BCUT2D eigenvalue weighted by Gasteiger charge is -2.41. The van der Waals surface area contributed by atoms with Crippen LogP contribution < -0.4 is 0 Å². The molecule has 1 aliphatic heterocycles. The van der Waals surface area contributed by atoms with Crippen molar-refractivity contribution in [2.45, 2.75) is 45.8 Å². The number of nitrogens with zero attached hydrogens (tertiary/aromatic N) is 1. The van der Waals surface area contributed by atoms with Crippen molar-refractivity contribution in [1.29, 1.82) is 0 Å².